The Labute approximate surface area is 91.8 Å². The molecular formula is C6H5BBrIO3. The van der Waals surface area contributed by atoms with Crippen LogP contribution in [0.4, 0.5) is 0 Å². The van der Waals surface area contributed by atoms with Crippen molar-refractivity contribution >= 4 is 51.1 Å². The van der Waals surface area contributed by atoms with Gasteiger partial charge in [-0.3, -0.25) is 0 Å². The Bertz CT molecular complexity index is 305. The molecule has 0 saturated carbocycles. The first-order chi connectivity index (χ1) is 5.52. The molecule has 64 valence electrons. The summed E-state index contributed by atoms with van der Waals surface area (Å²) in [6.07, 6.45) is 0. The Hall–Kier alpha value is 0.215. The molecule has 0 bridgehead atoms. The van der Waals surface area contributed by atoms with Gasteiger partial charge in [-0.2, -0.15) is 0 Å². The molecule has 0 aromatic heterocycles. The van der Waals surface area contributed by atoms with E-state index >= 15 is 0 Å². The van der Waals surface area contributed by atoms with Gasteiger partial charge in [0.15, 0.2) is 0 Å². The van der Waals surface area contributed by atoms with Crippen LogP contribution in [0.2, 0.25) is 0 Å². The molecule has 0 amide bonds. The van der Waals surface area contributed by atoms with Crippen molar-refractivity contribution in [3.8, 4) is 5.75 Å². The second-order valence-corrected chi connectivity index (χ2v) is 4.28. The van der Waals surface area contributed by atoms with Crippen molar-refractivity contribution < 1.29 is 15.2 Å². The van der Waals surface area contributed by atoms with E-state index in [2.05, 4.69) is 15.9 Å². The molecule has 0 aliphatic rings. The number of hydrogen-bond donors (Lipinski definition) is 3. The number of halogens is 2. The summed E-state index contributed by atoms with van der Waals surface area (Å²) >= 11 is 5.08. The van der Waals surface area contributed by atoms with Crippen LogP contribution in [0.1, 0.15) is 0 Å². The molecule has 3 N–H and O–H groups in total. The molecule has 0 atom stereocenters. The average Bonchev–Trinajstić information content (AvgIpc) is 1.96. The summed E-state index contributed by atoms with van der Waals surface area (Å²) in [5.74, 6) is -0.0891. The maximum Gasteiger partial charge on any atom is 0.492 e. The normalized spacial score (nSPS) is 10.0. The first kappa shape index (κ1) is 10.3. The number of hydrogen-bond acceptors (Lipinski definition) is 3. The lowest BCUT2D eigenvalue weighted by Gasteiger charge is -2.05. The van der Waals surface area contributed by atoms with Crippen LogP contribution in [0.3, 0.4) is 0 Å². The predicted molar refractivity (Wildman–Crippen MR) is 58.3 cm³/mol. The second-order valence-electron chi connectivity index (χ2n) is 2.20. The van der Waals surface area contributed by atoms with Crippen molar-refractivity contribution in [2.75, 3.05) is 0 Å². The van der Waals surface area contributed by atoms with Gasteiger partial charge in [0.05, 0.1) is 3.57 Å². The van der Waals surface area contributed by atoms with E-state index in [0.717, 1.165) is 0 Å². The Morgan fingerprint density at radius 2 is 1.92 bits per heavy atom. The minimum Gasteiger partial charge on any atom is -0.507 e. The zero-order valence-electron chi connectivity index (χ0n) is 5.83. The monoisotopic (exact) mass is 342 g/mol. The van der Waals surface area contributed by atoms with Gasteiger partial charge in [0.25, 0.3) is 0 Å². The maximum atomic E-state index is 9.34. The summed E-state index contributed by atoms with van der Waals surface area (Å²) in [7, 11) is -1.64. The first-order valence-corrected chi connectivity index (χ1v) is 4.93. The molecule has 1 aromatic rings. The van der Waals surface area contributed by atoms with Crippen LogP contribution in [-0.4, -0.2) is 22.3 Å². The molecule has 3 nitrogen and oxygen atoms in total. The first-order valence-electron chi connectivity index (χ1n) is 3.06. The highest BCUT2D eigenvalue weighted by atomic mass is 127. The second kappa shape index (κ2) is 3.95. The van der Waals surface area contributed by atoms with E-state index in [1.54, 1.807) is 6.07 Å². The van der Waals surface area contributed by atoms with Crippen LogP contribution in [0.5, 0.6) is 5.75 Å². The Balaban J connectivity index is 3.28. The summed E-state index contributed by atoms with van der Waals surface area (Å²) in [4.78, 5) is 0. The number of benzene rings is 1. The van der Waals surface area contributed by atoms with Crippen molar-refractivity contribution in [2.24, 2.45) is 0 Å². The van der Waals surface area contributed by atoms with Crippen molar-refractivity contribution in [3.05, 3.63) is 20.2 Å². The third-order valence-electron chi connectivity index (χ3n) is 1.34. The van der Waals surface area contributed by atoms with E-state index in [9.17, 15) is 5.11 Å². The zero-order chi connectivity index (χ0) is 9.30. The molecule has 1 rings (SSSR count). The van der Waals surface area contributed by atoms with Crippen LogP contribution in [-0.2, 0) is 0 Å². The SMILES string of the molecule is OB(O)c1cc(Br)cc(I)c1O. The Kier molecular flexibility index (Phi) is 3.39. The van der Waals surface area contributed by atoms with Crippen LogP contribution in [0, 0.1) is 3.57 Å². The van der Waals surface area contributed by atoms with Crippen molar-refractivity contribution in [1.29, 1.82) is 0 Å². The maximum absolute atomic E-state index is 9.34. The van der Waals surface area contributed by atoms with Crippen molar-refractivity contribution in [3.63, 3.8) is 0 Å². The molecule has 0 unspecified atom stereocenters. The van der Waals surface area contributed by atoms with E-state index in [-0.39, 0.29) is 11.2 Å². The fourth-order valence-corrected chi connectivity index (χ4v) is 2.33. The van der Waals surface area contributed by atoms with E-state index in [0.29, 0.717) is 8.04 Å². The molecule has 0 fully saturated rings. The van der Waals surface area contributed by atoms with Gasteiger partial charge in [0, 0.05) is 9.94 Å². The van der Waals surface area contributed by atoms with Gasteiger partial charge in [0.2, 0.25) is 0 Å². The smallest absolute Gasteiger partial charge is 0.492 e. The van der Waals surface area contributed by atoms with Gasteiger partial charge >= 0.3 is 7.12 Å². The van der Waals surface area contributed by atoms with E-state index in [4.69, 9.17) is 10.0 Å². The summed E-state index contributed by atoms with van der Waals surface area (Å²) in [6.45, 7) is 0. The van der Waals surface area contributed by atoms with E-state index < -0.39 is 7.12 Å². The Morgan fingerprint density at radius 3 is 2.42 bits per heavy atom. The lowest BCUT2D eigenvalue weighted by Crippen LogP contribution is -2.30. The number of rotatable bonds is 1. The zero-order valence-corrected chi connectivity index (χ0v) is 9.57. The van der Waals surface area contributed by atoms with Crippen molar-refractivity contribution in [1.82, 2.24) is 0 Å². The minimum absolute atomic E-state index is 0.0891. The molecule has 0 radical (unpaired) electrons. The minimum atomic E-state index is -1.64. The number of phenolic OH excluding ortho intramolecular Hbond substituents is 1. The quantitative estimate of drug-likeness (QED) is 0.513. The molecule has 1 aromatic carbocycles. The summed E-state index contributed by atoms with van der Waals surface area (Å²) in [5, 5.41) is 27.0. The van der Waals surface area contributed by atoms with Crippen LogP contribution >= 0.6 is 38.5 Å². The molecule has 0 heterocycles. The Morgan fingerprint density at radius 1 is 1.33 bits per heavy atom. The fraction of sp³-hybridized carbons (Fsp3) is 0. The number of aromatic hydroxyl groups is 1. The van der Waals surface area contributed by atoms with Gasteiger partial charge < -0.3 is 15.2 Å². The highest BCUT2D eigenvalue weighted by Gasteiger charge is 2.18. The van der Waals surface area contributed by atoms with Crippen LogP contribution in [0.15, 0.2) is 16.6 Å². The third-order valence-corrected chi connectivity index (χ3v) is 2.62. The molecule has 0 aliphatic carbocycles. The number of phenols is 1. The fourth-order valence-electron chi connectivity index (χ4n) is 0.783. The highest BCUT2D eigenvalue weighted by molar-refractivity contribution is 14.1. The van der Waals surface area contributed by atoms with E-state index in [1.165, 1.54) is 6.07 Å². The van der Waals surface area contributed by atoms with Gasteiger partial charge in [-0.1, -0.05) is 15.9 Å². The molecule has 6 heteroatoms. The van der Waals surface area contributed by atoms with E-state index in [1.807, 2.05) is 22.6 Å². The van der Waals surface area contributed by atoms with Gasteiger partial charge in [-0.15, -0.1) is 0 Å². The molecule has 0 spiro atoms. The largest absolute Gasteiger partial charge is 0.507 e. The van der Waals surface area contributed by atoms with Crippen LogP contribution < -0.4 is 5.46 Å². The summed E-state index contributed by atoms with van der Waals surface area (Å²) in [6, 6.07) is 3.14. The van der Waals surface area contributed by atoms with Crippen molar-refractivity contribution in [2.45, 2.75) is 0 Å². The summed E-state index contributed by atoms with van der Waals surface area (Å²) in [5.41, 5.74) is 0.105. The lowest BCUT2D eigenvalue weighted by molar-refractivity contribution is 0.419. The molecule has 0 saturated heterocycles. The standard InChI is InChI=1S/C6H5BBrIO3/c8-3-1-4(7(11)12)6(10)5(9)2-3/h1-2,10-12H. The van der Waals surface area contributed by atoms with Gasteiger partial charge in [-0.25, -0.2) is 0 Å². The van der Waals surface area contributed by atoms with Gasteiger partial charge in [0.1, 0.15) is 5.75 Å². The molecule has 12 heavy (non-hydrogen) atoms. The molecule has 0 aliphatic heterocycles. The highest BCUT2D eigenvalue weighted by Crippen LogP contribution is 2.21. The van der Waals surface area contributed by atoms with Gasteiger partial charge in [-0.05, 0) is 34.7 Å². The average molecular weight is 343 g/mol. The molecular weight excluding hydrogens is 338 g/mol. The summed E-state index contributed by atoms with van der Waals surface area (Å²) < 4.78 is 1.28. The van der Waals surface area contributed by atoms with Crippen LogP contribution in [0.25, 0.3) is 0 Å². The topological polar surface area (TPSA) is 60.7 Å². The lowest BCUT2D eigenvalue weighted by atomic mass is 9.80. The third kappa shape index (κ3) is 2.12. The predicted octanol–water partition coefficient (Wildman–Crippen LogP) is 0.439.